The standard InChI is InChI=1S/C20H27N3O2/c1-14(2)9-11-21-19-13-16(10-12-22-19)20(24)23-17-7-5-6-8-18(17)25-15(3)4/h5-8,10,12-15H,9,11H2,1-4H3,(H,21,22)(H,23,24). The van der Waals surface area contributed by atoms with Gasteiger partial charge in [-0.3, -0.25) is 4.79 Å². The van der Waals surface area contributed by atoms with Crippen molar-refractivity contribution in [2.75, 3.05) is 17.2 Å². The Kier molecular flexibility index (Phi) is 6.81. The first kappa shape index (κ1) is 18.8. The highest BCUT2D eigenvalue weighted by atomic mass is 16.5. The quantitative estimate of drug-likeness (QED) is 0.738. The van der Waals surface area contributed by atoms with E-state index in [0.717, 1.165) is 13.0 Å². The lowest BCUT2D eigenvalue weighted by Gasteiger charge is -2.15. The van der Waals surface area contributed by atoms with Crippen LogP contribution >= 0.6 is 0 Å². The number of pyridine rings is 1. The predicted molar refractivity (Wildman–Crippen MR) is 102 cm³/mol. The van der Waals surface area contributed by atoms with Crippen molar-refractivity contribution in [1.82, 2.24) is 4.98 Å². The fourth-order valence-electron chi connectivity index (χ4n) is 2.28. The van der Waals surface area contributed by atoms with E-state index >= 15 is 0 Å². The van der Waals surface area contributed by atoms with Gasteiger partial charge in [0.05, 0.1) is 11.8 Å². The van der Waals surface area contributed by atoms with E-state index in [1.54, 1.807) is 18.3 Å². The fourth-order valence-corrected chi connectivity index (χ4v) is 2.28. The van der Waals surface area contributed by atoms with Crippen LogP contribution in [0.25, 0.3) is 0 Å². The van der Waals surface area contributed by atoms with Crippen LogP contribution in [0.2, 0.25) is 0 Å². The van der Waals surface area contributed by atoms with E-state index in [2.05, 4.69) is 29.5 Å². The smallest absolute Gasteiger partial charge is 0.255 e. The molecule has 0 aliphatic rings. The van der Waals surface area contributed by atoms with Crippen LogP contribution in [0.3, 0.4) is 0 Å². The second-order valence-electron chi connectivity index (χ2n) is 6.66. The van der Waals surface area contributed by atoms with Gasteiger partial charge in [-0.25, -0.2) is 4.98 Å². The van der Waals surface area contributed by atoms with Crippen LogP contribution in [0.15, 0.2) is 42.6 Å². The molecule has 1 amide bonds. The van der Waals surface area contributed by atoms with Crippen LogP contribution in [0.1, 0.15) is 44.5 Å². The largest absolute Gasteiger partial charge is 0.489 e. The van der Waals surface area contributed by atoms with Crippen molar-refractivity contribution in [3.63, 3.8) is 0 Å². The Morgan fingerprint density at radius 2 is 1.92 bits per heavy atom. The molecule has 25 heavy (non-hydrogen) atoms. The minimum atomic E-state index is -0.186. The van der Waals surface area contributed by atoms with E-state index in [4.69, 9.17) is 4.74 Å². The van der Waals surface area contributed by atoms with Crippen molar-refractivity contribution in [1.29, 1.82) is 0 Å². The van der Waals surface area contributed by atoms with E-state index in [1.807, 2.05) is 38.1 Å². The molecule has 0 bridgehead atoms. The Balaban J connectivity index is 2.06. The fraction of sp³-hybridized carbons (Fsp3) is 0.400. The number of rotatable bonds is 8. The molecule has 2 N–H and O–H groups in total. The molecule has 0 radical (unpaired) electrons. The molecule has 0 saturated carbocycles. The Morgan fingerprint density at radius 3 is 2.64 bits per heavy atom. The van der Waals surface area contributed by atoms with Gasteiger partial charge in [0.1, 0.15) is 11.6 Å². The van der Waals surface area contributed by atoms with Gasteiger partial charge in [0.2, 0.25) is 0 Å². The van der Waals surface area contributed by atoms with Gasteiger partial charge in [-0.2, -0.15) is 0 Å². The molecule has 5 heteroatoms. The molecular weight excluding hydrogens is 314 g/mol. The first-order valence-corrected chi connectivity index (χ1v) is 8.72. The maximum absolute atomic E-state index is 12.6. The Labute approximate surface area is 149 Å². The number of carbonyl (C=O) groups is 1. The highest BCUT2D eigenvalue weighted by molar-refractivity contribution is 6.05. The normalized spacial score (nSPS) is 10.8. The third-order valence-electron chi connectivity index (χ3n) is 3.55. The Morgan fingerprint density at radius 1 is 1.16 bits per heavy atom. The summed E-state index contributed by atoms with van der Waals surface area (Å²) in [7, 11) is 0. The van der Waals surface area contributed by atoms with E-state index in [1.165, 1.54) is 0 Å². The van der Waals surface area contributed by atoms with Crippen molar-refractivity contribution in [2.45, 2.75) is 40.2 Å². The summed E-state index contributed by atoms with van der Waals surface area (Å²) in [6.45, 7) is 9.10. The van der Waals surface area contributed by atoms with Gasteiger partial charge in [-0.15, -0.1) is 0 Å². The summed E-state index contributed by atoms with van der Waals surface area (Å²) in [5.74, 6) is 1.81. The molecule has 0 atom stereocenters. The molecule has 1 heterocycles. The summed E-state index contributed by atoms with van der Waals surface area (Å²) < 4.78 is 5.74. The summed E-state index contributed by atoms with van der Waals surface area (Å²) in [6, 6.07) is 10.9. The monoisotopic (exact) mass is 341 g/mol. The van der Waals surface area contributed by atoms with E-state index in [0.29, 0.717) is 28.7 Å². The number of hydrogen-bond donors (Lipinski definition) is 2. The molecule has 5 nitrogen and oxygen atoms in total. The van der Waals surface area contributed by atoms with Crippen molar-refractivity contribution < 1.29 is 9.53 Å². The molecule has 1 aromatic heterocycles. The Hall–Kier alpha value is -2.56. The second-order valence-corrected chi connectivity index (χ2v) is 6.66. The molecule has 2 aromatic rings. The number of nitrogens with zero attached hydrogens (tertiary/aromatic N) is 1. The van der Waals surface area contributed by atoms with Gasteiger partial charge < -0.3 is 15.4 Å². The van der Waals surface area contributed by atoms with Crippen molar-refractivity contribution >= 4 is 17.4 Å². The van der Waals surface area contributed by atoms with Crippen molar-refractivity contribution in [3.05, 3.63) is 48.2 Å². The van der Waals surface area contributed by atoms with Gasteiger partial charge in [-0.05, 0) is 50.5 Å². The van der Waals surface area contributed by atoms with Crippen LogP contribution in [0.4, 0.5) is 11.5 Å². The zero-order valence-corrected chi connectivity index (χ0v) is 15.4. The third-order valence-corrected chi connectivity index (χ3v) is 3.55. The number of para-hydroxylation sites is 2. The number of hydrogen-bond acceptors (Lipinski definition) is 4. The molecular formula is C20H27N3O2. The van der Waals surface area contributed by atoms with Gasteiger partial charge in [0, 0.05) is 18.3 Å². The summed E-state index contributed by atoms with van der Waals surface area (Å²) in [6.07, 6.45) is 2.73. The van der Waals surface area contributed by atoms with Crippen molar-refractivity contribution in [2.24, 2.45) is 5.92 Å². The van der Waals surface area contributed by atoms with Crippen LogP contribution in [-0.2, 0) is 0 Å². The number of anilines is 2. The first-order valence-electron chi connectivity index (χ1n) is 8.72. The third kappa shape index (κ3) is 6.10. The second kappa shape index (κ2) is 9.06. The maximum atomic E-state index is 12.6. The molecule has 134 valence electrons. The molecule has 0 spiro atoms. The maximum Gasteiger partial charge on any atom is 0.255 e. The minimum Gasteiger partial charge on any atom is -0.489 e. The average molecular weight is 341 g/mol. The van der Waals surface area contributed by atoms with Crippen LogP contribution in [0, 0.1) is 5.92 Å². The lowest BCUT2D eigenvalue weighted by atomic mass is 10.1. The van der Waals surface area contributed by atoms with E-state index < -0.39 is 0 Å². The zero-order chi connectivity index (χ0) is 18.2. The first-order chi connectivity index (χ1) is 12.0. The Bertz CT molecular complexity index is 699. The number of nitrogens with one attached hydrogen (secondary N) is 2. The lowest BCUT2D eigenvalue weighted by molar-refractivity contribution is 0.102. The van der Waals surface area contributed by atoms with Gasteiger partial charge in [0.25, 0.3) is 5.91 Å². The summed E-state index contributed by atoms with van der Waals surface area (Å²) >= 11 is 0. The van der Waals surface area contributed by atoms with Gasteiger partial charge in [-0.1, -0.05) is 26.0 Å². The summed E-state index contributed by atoms with van der Waals surface area (Å²) in [4.78, 5) is 16.8. The molecule has 1 aromatic carbocycles. The molecule has 0 aliphatic carbocycles. The zero-order valence-electron chi connectivity index (χ0n) is 15.4. The minimum absolute atomic E-state index is 0.0377. The van der Waals surface area contributed by atoms with E-state index in [-0.39, 0.29) is 12.0 Å². The molecule has 0 aliphatic heterocycles. The van der Waals surface area contributed by atoms with E-state index in [9.17, 15) is 4.79 Å². The number of amides is 1. The number of ether oxygens (including phenoxy) is 1. The number of carbonyl (C=O) groups excluding carboxylic acids is 1. The highest BCUT2D eigenvalue weighted by Crippen LogP contribution is 2.25. The molecule has 2 rings (SSSR count). The predicted octanol–water partition coefficient (Wildman–Crippen LogP) is 4.58. The number of aromatic nitrogens is 1. The van der Waals surface area contributed by atoms with Crippen molar-refractivity contribution in [3.8, 4) is 5.75 Å². The molecule has 0 fully saturated rings. The summed E-state index contributed by atoms with van der Waals surface area (Å²) in [5, 5.41) is 6.17. The van der Waals surface area contributed by atoms with Crippen LogP contribution in [-0.4, -0.2) is 23.5 Å². The molecule has 0 unspecified atom stereocenters. The van der Waals surface area contributed by atoms with Crippen LogP contribution < -0.4 is 15.4 Å². The van der Waals surface area contributed by atoms with Gasteiger partial charge >= 0.3 is 0 Å². The van der Waals surface area contributed by atoms with Crippen LogP contribution in [0.5, 0.6) is 5.75 Å². The van der Waals surface area contributed by atoms with Gasteiger partial charge in [0.15, 0.2) is 0 Å². The summed E-state index contributed by atoms with van der Waals surface area (Å²) in [5.41, 5.74) is 1.22. The topological polar surface area (TPSA) is 63.2 Å². The average Bonchev–Trinajstić information content (AvgIpc) is 2.56. The molecule has 0 saturated heterocycles. The lowest BCUT2D eigenvalue weighted by Crippen LogP contribution is -2.15. The highest BCUT2D eigenvalue weighted by Gasteiger charge is 2.11. The SMILES string of the molecule is CC(C)CCNc1cc(C(=O)Nc2ccccc2OC(C)C)ccn1. The number of benzene rings is 1.